The fourth-order valence-corrected chi connectivity index (χ4v) is 2.00. The summed E-state index contributed by atoms with van der Waals surface area (Å²) in [5, 5.41) is 13.2. The van der Waals surface area contributed by atoms with Crippen molar-refractivity contribution in [3.05, 3.63) is 57.4 Å². The van der Waals surface area contributed by atoms with Gasteiger partial charge in [0.05, 0.1) is 17.1 Å². The van der Waals surface area contributed by atoms with Crippen molar-refractivity contribution in [2.45, 2.75) is 0 Å². The van der Waals surface area contributed by atoms with Crippen molar-refractivity contribution in [3.63, 3.8) is 0 Å². The molecular weight excluding hydrogens is 343 g/mol. The number of rotatable bonds is 6. The molecule has 0 saturated heterocycles. The molecule has 2 aromatic carbocycles. The Balaban J connectivity index is 1.98. The largest absolute Gasteiger partial charge is 0.490 e. The minimum absolute atomic E-state index is 0.0169. The van der Waals surface area contributed by atoms with Gasteiger partial charge in [0.2, 0.25) is 5.75 Å². The minimum atomic E-state index is -0.594. The van der Waals surface area contributed by atoms with E-state index in [1.807, 2.05) is 0 Å². The first-order valence-corrected chi connectivity index (χ1v) is 6.98. The molecule has 24 heavy (non-hydrogen) atoms. The maximum atomic E-state index is 13.0. The number of nitrogens with one attached hydrogen (secondary N) is 1. The Morgan fingerprint density at radius 1 is 1.33 bits per heavy atom. The Morgan fingerprint density at radius 2 is 2.08 bits per heavy atom. The number of nitrogens with zero attached hydrogens (tertiary/aromatic N) is 1. The van der Waals surface area contributed by atoms with Gasteiger partial charge >= 0.3 is 5.69 Å². The molecule has 0 aliphatic rings. The lowest BCUT2D eigenvalue weighted by Gasteiger charge is -2.09. The molecule has 0 heterocycles. The molecule has 2 aromatic rings. The third-order valence-corrected chi connectivity index (χ3v) is 3.21. The highest BCUT2D eigenvalue weighted by Gasteiger charge is 2.15. The van der Waals surface area contributed by atoms with Crippen LogP contribution in [-0.4, -0.2) is 24.5 Å². The van der Waals surface area contributed by atoms with Crippen molar-refractivity contribution >= 4 is 28.9 Å². The molecule has 2 rings (SSSR count). The van der Waals surface area contributed by atoms with Gasteiger partial charge in [0.25, 0.3) is 5.91 Å². The smallest absolute Gasteiger partial charge is 0.311 e. The Labute approximate surface area is 141 Å². The molecule has 0 aliphatic carbocycles. The topological polar surface area (TPSA) is 90.7 Å². The van der Waals surface area contributed by atoms with Gasteiger partial charge in [-0.25, -0.2) is 4.39 Å². The third kappa shape index (κ3) is 4.32. The summed E-state index contributed by atoms with van der Waals surface area (Å²) >= 11 is 5.62. The number of carbonyl (C=O) groups excluding carboxylic acids is 1. The predicted octanol–water partition coefficient (Wildman–Crippen LogP) is 3.41. The molecule has 0 aromatic heterocycles. The predicted molar refractivity (Wildman–Crippen MR) is 85.2 cm³/mol. The highest BCUT2D eigenvalue weighted by molar-refractivity contribution is 6.31. The van der Waals surface area contributed by atoms with E-state index in [9.17, 15) is 19.3 Å². The van der Waals surface area contributed by atoms with Crippen molar-refractivity contribution in [3.8, 4) is 11.5 Å². The van der Waals surface area contributed by atoms with Crippen molar-refractivity contribution in [1.82, 2.24) is 0 Å². The van der Waals surface area contributed by atoms with E-state index in [-0.39, 0.29) is 28.8 Å². The Kier molecular flexibility index (Phi) is 5.54. The van der Waals surface area contributed by atoms with Crippen LogP contribution in [0.3, 0.4) is 0 Å². The Morgan fingerprint density at radius 3 is 2.71 bits per heavy atom. The van der Waals surface area contributed by atoms with Crippen molar-refractivity contribution in [1.29, 1.82) is 0 Å². The average Bonchev–Trinajstić information content (AvgIpc) is 2.56. The number of amides is 1. The van der Waals surface area contributed by atoms with Crippen LogP contribution in [0.15, 0.2) is 36.4 Å². The molecule has 126 valence electrons. The number of benzene rings is 2. The summed E-state index contributed by atoms with van der Waals surface area (Å²) in [6.45, 7) is -0.351. The van der Waals surface area contributed by atoms with Crippen LogP contribution >= 0.6 is 11.6 Å². The number of nitro benzene ring substituents is 1. The summed E-state index contributed by atoms with van der Waals surface area (Å²) in [5.41, 5.74) is 0.103. The van der Waals surface area contributed by atoms with Crippen LogP contribution in [0, 0.1) is 15.9 Å². The lowest BCUT2D eigenvalue weighted by atomic mass is 10.3. The zero-order valence-electron chi connectivity index (χ0n) is 12.4. The van der Waals surface area contributed by atoms with Gasteiger partial charge in [0.1, 0.15) is 11.6 Å². The summed E-state index contributed by atoms with van der Waals surface area (Å²) in [4.78, 5) is 22.0. The van der Waals surface area contributed by atoms with E-state index in [0.29, 0.717) is 5.69 Å². The molecule has 1 amide bonds. The van der Waals surface area contributed by atoms with Crippen LogP contribution in [0.4, 0.5) is 15.8 Å². The molecule has 9 heteroatoms. The maximum absolute atomic E-state index is 13.0. The fraction of sp³-hybridized carbons (Fsp3) is 0.133. The van der Waals surface area contributed by atoms with Crippen LogP contribution in [-0.2, 0) is 4.79 Å². The molecule has 0 fully saturated rings. The molecule has 0 saturated carbocycles. The average molecular weight is 355 g/mol. The quantitative estimate of drug-likeness (QED) is 0.634. The lowest BCUT2D eigenvalue weighted by molar-refractivity contribution is -0.385. The van der Waals surface area contributed by atoms with Crippen molar-refractivity contribution in [2.75, 3.05) is 19.0 Å². The summed E-state index contributed by atoms with van der Waals surface area (Å²) in [6, 6.07) is 7.62. The number of methoxy groups -OCH3 is 1. The van der Waals surface area contributed by atoms with Crippen molar-refractivity contribution in [2.24, 2.45) is 0 Å². The summed E-state index contributed by atoms with van der Waals surface area (Å²) < 4.78 is 23.2. The number of hydrogen-bond donors (Lipinski definition) is 1. The maximum Gasteiger partial charge on any atom is 0.311 e. The third-order valence-electron chi connectivity index (χ3n) is 2.92. The molecular formula is C15H12ClFN2O5. The number of anilines is 1. The molecule has 0 unspecified atom stereocenters. The van der Waals surface area contributed by atoms with Crippen molar-refractivity contribution < 1.29 is 23.6 Å². The second kappa shape index (κ2) is 7.60. The van der Waals surface area contributed by atoms with Gasteiger partial charge < -0.3 is 14.8 Å². The van der Waals surface area contributed by atoms with E-state index in [4.69, 9.17) is 21.1 Å². The molecule has 0 spiro atoms. The van der Waals surface area contributed by atoms with Crippen LogP contribution in [0.5, 0.6) is 11.5 Å². The number of carbonyl (C=O) groups is 1. The van der Waals surface area contributed by atoms with E-state index in [0.717, 1.165) is 6.07 Å². The Hall–Kier alpha value is -2.87. The number of nitro groups is 1. The number of halogens is 2. The van der Waals surface area contributed by atoms with E-state index < -0.39 is 16.6 Å². The van der Waals surface area contributed by atoms with E-state index in [1.165, 1.54) is 37.4 Å². The standard InChI is InChI=1S/C15H12ClFN2O5/c1-23-14-7-10(3-5-13(14)19(21)22)24-8-15(20)18-9-2-4-12(17)11(16)6-9/h2-7H,8H2,1H3,(H,18,20). The van der Waals surface area contributed by atoms with Gasteiger partial charge in [-0.15, -0.1) is 0 Å². The first kappa shape index (κ1) is 17.5. The molecule has 0 radical (unpaired) electrons. The van der Waals surface area contributed by atoms with Crippen LogP contribution in [0.1, 0.15) is 0 Å². The molecule has 1 N–H and O–H groups in total. The van der Waals surface area contributed by atoms with Crippen LogP contribution in [0.25, 0.3) is 0 Å². The van der Waals surface area contributed by atoms with E-state index in [1.54, 1.807) is 0 Å². The van der Waals surface area contributed by atoms with Gasteiger partial charge in [0, 0.05) is 17.8 Å². The summed E-state index contributed by atoms with van der Waals surface area (Å²) in [5.74, 6) is -0.855. The molecule has 0 atom stereocenters. The van der Waals surface area contributed by atoms with Gasteiger partial charge in [-0.05, 0) is 24.3 Å². The lowest BCUT2D eigenvalue weighted by Crippen LogP contribution is -2.20. The fourth-order valence-electron chi connectivity index (χ4n) is 1.82. The minimum Gasteiger partial charge on any atom is -0.490 e. The first-order valence-electron chi connectivity index (χ1n) is 6.61. The first-order chi connectivity index (χ1) is 11.4. The van der Waals surface area contributed by atoms with Gasteiger partial charge in [-0.2, -0.15) is 0 Å². The van der Waals surface area contributed by atoms with E-state index >= 15 is 0 Å². The van der Waals surface area contributed by atoms with E-state index in [2.05, 4.69) is 5.32 Å². The highest BCUT2D eigenvalue weighted by Crippen LogP contribution is 2.30. The van der Waals surface area contributed by atoms with Gasteiger partial charge in [-0.3, -0.25) is 14.9 Å². The second-order valence-electron chi connectivity index (χ2n) is 4.56. The zero-order valence-corrected chi connectivity index (χ0v) is 13.2. The zero-order chi connectivity index (χ0) is 17.7. The number of ether oxygens (including phenoxy) is 2. The summed E-state index contributed by atoms with van der Waals surface area (Å²) in [7, 11) is 1.29. The highest BCUT2D eigenvalue weighted by atomic mass is 35.5. The van der Waals surface area contributed by atoms with Gasteiger partial charge in [-0.1, -0.05) is 11.6 Å². The normalized spacial score (nSPS) is 10.1. The molecule has 0 bridgehead atoms. The second-order valence-corrected chi connectivity index (χ2v) is 4.96. The summed E-state index contributed by atoms with van der Waals surface area (Å²) in [6.07, 6.45) is 0. The Bertz CT molecular complexity index is 784. The molecule has 7 nitrogen and oxygen atoms in total. The van der Waals surface area contributed by atoms with Gasteiger partial charge in [0.15, 0.2) is 6.61 Å². The molecule has 0 aliphatic heterocycles. The monoisotopic (exact) mass is 354 g/mol. The number of hydrogen-bond acceptors (Lipinski definition) is 5. The SMILES string of the molecule is COc1cc(OCC(=O)Nc2ccc(F)c(Cl)c2)ccc1[N+](=O)[O-]. The van der Waals surface area contributed by atoms with Crippen LogP contribution in [0.2, 0.25) is 5.02 Å². The van der Waals surface area contributed by atoms with Crippen LogP contribution < -0.4 is 14.8 Å².